The molecule has 0 radical (unpaired) electrons. The largest absolute Gasteiger partial charge is 0.457 e. The Morgan fingerprint density at radius 3 is 2.53 bits per heavy atom. The van der Waals surface area contributed by atoms with Crippen molar-refractivity contribution >= 4 is 17.7 Å². The van der Waals surface area contributed by atoms with Crippen molar-refractivity contribution in [1.82, 2.24) is 14.7 Å². The third-order valence-electron chi connectivity index (χ3n) is 7.52. The first-order valence-corrected chi connectivity index (χ1v) is 11.3. The van der Waals surface area contributed by atoms with E-state index in [-0.39, 0.29) is 22.9 Å². The number of likely N-dealkylation sites (tertiary alicyclic amines) is 1. The van der Waals surface area contributed by atoms with E-state index in [4.69, 9.17) is 4.74 Å². The van der Waals surface area contributed by atoms with E-state index in [1.54, 1.807) is 18.0 Å². The number of cyclic esters (lactones) is 1. The van der Waals surface area contributed by atoms with Gasteiger partial charge in [-0.25, -0.2) is 9.48 Å². The summed E-state index contributed by atoms with van der Waals surface area (Å²) in [5, 5.41) is 4.27. The van der Waals surface area contributed by atoms with Crippen molar-refractivity contribution in [2.24, 2.45) is 12.5 Å². The maximum atomic E-state index is 13.3. The summed E-state index contributed by atoms with van der Waals surface area (Å²) in [6, 6.07) is 7.04. The number of ether oxygens (including phenoxy) is 1. The molecule has 3 aliphatic rings. The first-order chi connectivity index (χ1) is 15.4. The Morgan fingerprint density at radius 1 is 1.03 bits per heavy atom. The first kappa shape index (κ1) is 20.9. The van der Waals surface area contributed by atoms with Crippen LogP contribution in [0.25, 0.3) is 0 Å². The SMILES string of the molecule is Cc1c(CCN2CCC3(CC2)CCN(c2ccc(=O)n(C)n2)C3=O)ccc2c1COC2=O. The molecule has 2 fully saturated rings. The molecule has 1 spiro atoms. The van der Waals surface area contributed by atoms with Crippen molar-refractivity contribution in [2.75, 3.05) is 31.1 Å². The first-order valence-electron chi connectivity index (χ1n) is 11.3. The summed E-state index contributed by atoms with van der Waals surface area (Å²) in [6.45, 7) is 5.82. The van der Waals surface area contributed by atoms with Gasteiger partial charge in [0.15, 0.2) is 5.82 Å². The molecule has 2 aromatic rings. The van der Waals surface area contributed by atoms with Crippen LogP contribution < -0.4 is 10.5 Å². The number of carbonyl (C=O) groups excluding carboxylic acids is 2. The highest BCUT2D eigenvalue weighted by Crippen LogP contribution is 2.42. The molecule has 3 aliphatic heterocycles. The summed E-state index contributed by atoms with van der Waals surface area (Å²) in [4.78, 5) is 40.8. The molecule has 0 unspecified atom stereocenters. The molecule has 1 aromatic heterocycles. The number of rotatable bonds is 4. The lowest BCUT2D eigenvalue weighted by Crippen LogP contribution is -2.45. The molecule has 168 valence electrons. The number of anilines is 1. The lowest BCUT2D eigenvalue weighted by molar-refractivity contribution is -0.128. The van der Waals surface area contributed by atoms with Crippen LogP contribution in [0, 0.1) is 12.3 Å². The normalized spacial score (nSPS) is 20.1. The third kappa shape index (κ3) is 3.43. The van der Waals surface area contributed by atoms with Gasteiger partial charge in [-0.2, -0.15) is 5.10 Å². The summed E-state index contributed by atoms with van der Waals surface area (Å²) in [5.74, 6) is 0.479. The fourth-order valence-electron chi connectivity index (χ4n) is 5.29. The van der Waals surface area contributed by atoms with E-state index in [1.165, 1.54) is 16.3 Å². The number of carbonyl (C=O) groups is 2. The van der Waals surface area contributed by atoms with E-state index in [9.17, 15) is 14.4 Å². The van der Waals surface area contributed by atoms with Gasteiger partial charge in [0.1, 0.15) is 6.61 Å². The summed E-state index contributed by atoms with van der Waals surface area (Å²) in [6.07, 6.45) is 3.45. The smallest absolute Gasteiger partial charge is 0.338 e. The fraction of sp³-hybridized carbons (Fsp3) is 0.500. The van der Waals surface area contributed by atoms with Crippen LogP contribution in [-0.2, 0) is 29.6 Å². The van der Waals surface area contributed by atoms with E-state index in [2.05, 4.69) is 16.9 Å². The minimum Gasteiger partial charge on any atom is -0.457 e. The lowest BCUT2D eigenvalue weighted by atomic mass is 9.77. The summed E-state index contributed by atoms with van der Waals surface area (Å²) in [5.41, 5.74) is 3.64. The lowest BCUT2D eigenvalue weighted by Gasteiger charge is -2.38. The second-order valence-corrected chi connectivity index (χ2v) is 9.18. The predicted octanol–water partition coefficient (Wildman–Crippen LogP) is 1.82. The molecule has 0 atom stereocenters. The molecule has 0 saturated carbocycles. The van der Waals surface area contributed by atoms with Crippen LogP contribution in [0.5, 0.6) is 0 Å². The number of aryl methyl sites for hydroxylation is 1. The minimum absolute atomic E-state index is 0.141. The molecule has 4 heterocycles. The molecule has 1 aromatic carbocycles. The molecule has 0 aliphatic carbocycles. The van der Waals surface area contributed by atoms with Gasteiger partial charge in [-0.05, 0) is 69.0 Å². The van der Waals surface area contributed by atoms with Gasteiger partial charge in [-0.3, -0.25) is 14.5 Å². The van der Waals surface area contributed by atoms with E-state index >= 15 is 0 Å². The molecule has 8 nitrogen and oxygen atoms in total. The summed E-state index contributed by atoms with van der Waals surface area (Å²) < 4.78 is 6.44. The number of esters is 1. The van der Waals surface area contributed by atoms with Crippen LogP contribution in [0.15, 0.2) is 29.1 Å². The highest BCUT2D eigenvalue weighted by Gasteiger charge is 2.48. The number of hydrogen-bond donors (Lipinski definition) is 0. The van der Waals surface area contributed by atoms with Crippen LogP contribution >= 0.6 is 0 Å². The molecule has 8 heteroatoms. The van der Waals surface area contributed by atoms with Crippen LogP contribution in [0.1, 0.15) is 46.3 Å². The number of amides is 1. The molecular weight excluding hydrogens is 408 g/mol. The fourth-order valence-corrected chi connectivity index (χ4v) is 5.29. The van der Waals surface area contributed by atoms with Crippen molar-refractivity contribution in [3.8, 4) is 0 Å². The molecular formula is C24H28N4O4. The Bertz CT molecular complexity index is 1150. The van der Waals surface area contributed by atoms with Gasteiger partial charge in [0.05, 0.1) is 11.0 Å². The average molecular weight is 437 g/mol. The van der Waals surface area contributed by atoms with Crippen LogP contribution in [0.4, 0.5) is 5.82 Å². The molecule has 1 amide bonds. The number of hydrogen-bond acceptors (Lipinski definition) is 6. The second-order valence-electron chi connectivity index (χ2n) is 9.18. The number of fused-ring (bicyclic) bond motifs is 1. The van der Waals surface area contributed by atoms with Crippen LogP contribution in [0.3, 0.4) is 0 Å². The number of piperidine rings is 1. The Morgan fingerprint density at radius 2 is 1.78 bits per heavy atom. The maximum Gasteiger partial charge on any atom is 0.338 e. The highest BCUT2D eigenvalue weighted by atomic mass is 16.5. The topological polar surface area (TPSA) is 84.7 Å². The van der Waals surface area contributed by atoms with Gasteiger partial charge in [-0.15, -0.1) is 0 Å². The van der Waals surface area contributed by atoms with E-state index in [0.717, 1.165) is 56.4 Å². The van der Waals surface area contributed by atoms with Gasteiger partial charge in [0.25, 0.3) is 5.56 Å². The Balaban J connectivity index is 1.20. The Kier molecular flexibility index (Phi) is 5.12. The van der Waals surface area contributed by atoms with Crippen molar-refractivity contribution in [3.63, 3.8) is 0 Å². The third-order valence-corrected chi connectivity index (χ3v) is 7.52. The van der Waals surface area contributed by atoms with Gasteiger partial charge >= 0.3 is 5.97 Å². The monoisotopic (exact) mass is 436 g/mol. The predicted molar refractivity (Wildman–Crippen MR) is 119 cm³/mol. The van der Waals surface area contributed by atoms with Crippen molar-refractivity contribution in [3.05, 3.63) is 56.9 Å². The van der Waals surface area contributed by atoms with Gasteiger partial charge in [0, 0.05) is 31.8 Å². The van der Waals surface area contributed by atoms with E-state index in [1.807, 2.05) is 12.1 Å². The number of nitrogens with zero attached hydrogens (tertiary/aromatic N) is 4. The van der Waals surface area contributed by atoms with E-state index < -0.39 is 0 Å². The Labute approximate surface area is 186 Å². The minimum atomic E-state index is -0.311. The number of aromatic nitrogens is 2. The second kappa shape index (κ2) is 7.85. The highest BCUT2D eigenvalue weighted by molar-refractivity contribution is 5.99. The quantitative estimate of drug-likeness (QED) is 0.680. The zero-order chi connectivity index (χ0) is 22.5. The standard InChI is InChI=1S/C24H28N4O4/c1-16-17(3-4-18-19(16)15-32-22(18)30)7-11-27-12-8-24(9-13-27)10-14-28(23(24)31)20-5-6-21(29)26(2)25-20/h3-6H,7-15H2,1-2H3. The van der Waals surface area contributed by atoms with E-state index in [0.29, 0.717) is 24.5 Å². The number of benzene rings is 1. The van der Waals surface area contributed by atoms with Crippen molar-refractivity contribution in [1.29, 1.82) is 0 Å². The van der Waals surface area contributed by atoms with Crippen molar-refractivity contribution < 1.29 is 14.3 Å². The van der Waals surface area contributed by atoms with Crippen LogP contribution in [0.2, 0.25) is 0 Å². The average Bonchev–Trinajstić information content (AvgIpc) is 3.32. The molecule has 0 bridgehead atoms. The van der Waals surface area contributed by atoms with Gasteiger partial charge in [-0.1, -0.05) is 6.07 Å². The summed E-state index contributed by atoms with van der Waals surface area (Å²) in [7, 11) is 1.61. The maximum absolute atomic E-state index is 13.3. The molecule has 32 heavy (non-hydrogen) atoms. The molecule has 2 saturated heterocycles. The zero-order valence-electron chi connectivity index (χ0n) is 18.6. The molecule has 0 N–H and O–H groups in total. The van der Waals surface area contributed by atoms with Gasteiger partial charge in [0.2, 0.25) is 5.91 Å². The zero-order valence-corrected chi connectivity index (χ0v) is 18.6. The van der Waals surface area contributed by atoms with Crippen LogP contribution in [-0.4, -0.2) is 52.7 Å². The van der Waals surface area contributed by atoms with Crippen molar-refractivity contribution in [2.45, 2.75) is 39.2 Å². The van der Waals surface area contributed by atoms with Gasteiger partial charge < -0.3 is 9.64 Å². The Hall–Kier alpha value is -3.00. The summed E-state index contributed by atoms with van der Waals surface area (Å²) >= 11 is 0. The molecule has 5 rings (SSSR count).